The van der Waals surface area contributed by atoms with Crippen LogP contribution in [0.25, 0.3) is 0 Å². The molecule has 0 atom stereocenters. The summed E-state index contributed by atoms with van der Waals surface area (Å²) < 4.78 is 5.86. The Hall–Kier alpha value is -1.31. The Morgan fingerprint density at radius 2 is 2.11 bits per heavy atom. The SMILES string of the molecule is CCSC1(CNC(=NC)NC2CCN(Cc3ccccn3)CC2)CCOCC1. The van der Waals surface area contributed by atoms with Crippen LogP contribution in [-0.4, -0.2) is 72.3 Å². The fraction of sp³-hybridized carbons (Fsp3) is 0.714. The summed E-state index contributed by atoms with van der Waals surface area (Å²) in [7, 11) is 1.87. The van der Waals surface area contributed by atoms with Crippen molar-refractivity contribution < 1.29 is 4.74 Å². The van der Waals surface area contributed by atoms with E-state index < -0.39 is 0 Å². The number of hydrogen-bond acceptors (Lipinski definition) is 5. The van der Waals surface area contributed by atoms with Gasteiger partial charge >= 0.3 is 0 Å². The summed E-state index contributed by atoms with van der Waals surface area (Å²) in [5.74, 6) is 2.08. The Labute approximate surface area is 173 Å². The second-order valence-electron chi connectivity index (χ2n) is 7.67. The van der Waals surface area contributed by atoms with Gasteiger partial charge in [-0.3, -0.25) is 14.9 Å². The van der Waals surface area contributed by atoms with Crippen LogP contribution in [-0.2, 0) is 11.3 Å². The van der Waals surface area contributed by atoms with Crippen molar-refractivity contribution in [2.45, 2.75) is 49.9 Å². The molecule has 3 rings (SSSR count). The summed E-state index contributed by atoms with van der Waals surface area (Å²) in [5, 5.41) is 7.25. The molecule has 1 aromatic rings. The van der Waals surface area contributed by atoms with Crippen molar-refractivity contribution in [3.8, 4) is 0 Å². The summed E-state index contributed by atoms with van der Waals surface area (Å²) in [6, 6.07) is 6.63. The van der Waals surface area contributed by atoms with Gasteiger partial charge in [-0.1, -0.05) is 13.0 Å². The number of pyridine rings is 1. The standard InChI is InChI=1S/C21H35N5OS/c1-3-28-21(9-14-27-15-10-21)17-24-20(22-2)25-18-7-12-26(13-8-18)16-19-6-4-5-11-23-19/h4-6,11,18H,3,7-10,12-17H2,1-2H3,(H2,22,24,25). The van der Waals surface area contributed by atoms with Crippen molar-refractivity contribution in [1.29, 1.82) is 0 Å². The van der Waals surface area contributed by atoms with E-state index in [0.29, 0.717) is 6.04 Å². The number of hydrogen-bond donors (Lipinski definition) is 2. The van der Waals surface area contributed by atoms with Gasteiger partial charge in [0.25, 0.3) is 0 Å². The molecule has 6 nitrogen and oxygen atoms in total. The predicted octanol–water partition coefficient (Wildman–Crippen LogP) is 2.51. The molecule has 2 aliphatic rings. The van der Waals surface area contributed by atoms with E-state index in [1.54, 1.807) is 0 Å². The Morgan fingerprint density at radius 3 is 2.75 bits per heavy atom. The van der Waals surface area contributed by atoms with Crippen LogP contribution in [0.5, 0.6) is 0 Å². The van der Waals surface area contributed by atoms with Crippen LogP contribution in [0.4, 0.5) is 0 Å². The highest BCUT2D eigenvalue weighted by atomic mass is 32.2. The first-order valence-corrected chi connectivity index (χ1v) is 11.5. The van der Waals surface area contributed by atoms with Gasteiger partial charge in [-0.2, -0.15) is 11.8 Å². The molecule has 0 aliphatic carbocycles. The monoisotopic (exact) mass is 405 g/mol. The van der Waals surface area contributed by atoms with Gasteiger partial charge in [-0.25, -0.2) is 0 Å². The van der Waals surface area contributed by atoms with Crippen molar-refractivity contribution >= 4 is 17.7 Å². The topological polar surface area (TPSA) is 61.8 Å². The minimum absolute atomic E-state index is 0.274. The van der Waals surface area contributed by atoms with E-state index in [0.717, 1.165) is 82.5 Å². The van der Waals surface area contributed by atoms with E-state index in [1.807, 2.05) is 19.3 Å². The number of ether oxygens (including phenoxy) is 1. The van der Waals surface area contributed by atoms with Crippen LogP contribution in [0, 0.1) is 0 Å². The Kier molecular flexibility index (Phi) is 8.43. The van der Waals surface area contributed by atoms with E-state index in [1.165, 1.54) is 0 Å². The van der Waals surface area contributed by atoms with Gasteiger partial charge in [0.05, 0.1) is 5.69 Å². The first-order chi connectivity index (χ1) is 13.7. The molecule has 0 amide bonds. The van der Waals surface area contributed by atoms with Crippen molar-refractivity contribution in [1.82, 2.24) is 20.5 Å². The minimum Gasteiger partial charge on any atom is -0.381 e. The van der Waals surface area contributed by atoms with Crippen LogP contribution in [0.3, 0.4) is 0 Å². The average Bonchev–Trinajstić information content (AvgIpc) is 2.74. The molecule has 7 heteroatoms. The smallest absolute Gasteiger partial charge is 0.191 e. The summed E-state index contributed by atoms with van der Waals surface area (Å²) in [4.78, 5) is 11.4. The maximum Gasteiger partial charge on any atom is 0.191 e. The molecule has 2 aliphatic heterocycles. The first kappa shape index (κ1) is 21.4. The van der Waals surface area contributed by atoms with Gasteiger partial charge in [0, 0.05) is 63.4 Å². The molecular weight excluding hydrogens is 370 g/mol. The number of guanidine groups is 1. The maximum atomic E-state index is 5.58. The minimum atomic E-state index is 0.274. The Balaban J connectivity index is 1.42. The largest absolute Gasteiger partial charge is 0.381 e. The summed E-state index contributed by atoms with van der Waals surface area (Å²) in [5.41, 5.74) is 1.15. The lowest BCUT2D eigenvalue weighted by atomic mass is 9.99. The van der Waals surface area contributed by atoms with E-state index in [9.17, 15) is 0 Å². The third-order valence-electron chi connectivity index (χ3n) is 5.70. The highest BCUT2D eigenvalue weighted by Crippen LogP contribution is 2.34. The third kappa shape index (κ3) is 6.36. The van der Waals surface area contributed by atoms with Crippen molar-refractivity contribution in [2.75, 3.05) is 45.6 Å². The molecule has 0 bridgehead atoms. The fourth-order valence-electron chi connectivity index (χ4n) is 4.01. The molecule has 28 heavy (non-hydrogen) atoms. The fourth-order valence-corrected chi connectivity index (χ4v) is 5.25. The molecule has 2 fully saturated rings. The number of likely N-dealkylation sites (tertiary alicyclic amines) is 1. The lowest BCUT2D eigenvalue weighted by Gasteiger charge is -2.37. The molecule has 2 saturated heterocycles. The van der Waals surface area contributed by atoms with E-state index in [-0.39, 0.29) is 4.75 Å². The van der Waals surface area contributed by atoms with Crippen LogP contribution >= 0.6 is 11.8 Å². The lowest BCUT2D eigenvalue weighted by Crippen LogP contribution is -2.52. The first-order valence-electron chi connectivity index (χ1n) is 10.5. The quantitative estimate of drug-likeness (QED) is 0.537. The second-order valence-corrected chi connectivity index (χ2v) is 9.40. The van der Waals surface area contributed by atoms with Crippen LogP contribution < -0.4 is 10.6 Å². The van der Waals surface area contributed by atoms with Crippen molar-refractivity contribution in [3.05, 3.63) is 30.1 Å². The molecule has 0 aromatic carbocycles. The Morgan fingerprint density at radius 1 is 1.32 bits per heavy atom. The van der Waals surface area contributed by atoms with Crippen LogP contribution in [0.1, 0.15) is 38.3 Å². The van der Waals surface area contributed by atoms with E-state index in [2.05, 4.69) is 56.3 Å². The molecular formula is C21H35N5OS. The average molecular weight is 406 g/mol. The normalized spacial score (nSPS) is 21.4. The number of thioether (sulfide) groups is 1. The van der Waals surface area contributed by atoms with Gasteiger partial charge in [0.1, 0.15) is 0 Å². The molecule has 0 radical (unpaired) electrons. The molecule has 2 N–H and O–H groups in total. The molecule has 0 saturated carbocycles. The van der Waals surface area contributed by atoms with Gasteiger partial charge in [-0.15, -0.1) is 0 Å². The molecule has 0 unspecified atom stereocenters. The predicted molar refractivity (Wildman–Crippen MR) is 118 cm³/mol. The number of nitrogens with zero attached hydrogens (tertiary/aromatic N) is 3. The molecule has 1 aromatic heterocycles. The zero-order valence-electron chi connectivity index (χ0n) is 17.3. The lowest BCUT2D eigenvalue weighted by molar-refractivity contribution is 0.0781. The number of aromatic nitrogens is 1. The van der Waals surface area contributed by atoms with Gasteiger partial charge < -0.3 is 15.4 Å². The van der Waals surface area contributed by atoms with Crippen LogP contribution in [0.2, 0.25) is 0 Å². The van der Waals surface area contributed by atoms with E-state index >= 15 is 0 Å². The van der Waals surface area contributed by atoms with Crippen LogP contribution in [0.15, 0.2) is 29.4 Å². The number of piperidine rings is 1. The zero-order valence-corrected chi connectivity index (χ0v) is 18.1. The number of rotatable bonds is 7. The maximum absolute atomic E-state index is 5.58. The molecule has 3 heterocycles. The van der Waals surface area contributed by atoms with Gasteiger partial charge in [0.2, 0.25) is 0 Å². The van der Waals surface area contributed by atoms with Crippen molar-refractivity contribution in [3.63, 3.8) is 0 Å². The summed E-state index contributed by atoms with van der Waals surface area (Å²) >= 11 is 2.06. The number of aliphatic imine (C=N–C) groups is 1. The van der Waals surface area contributed by atoms with Crippen molar-refractivity contribution in [2.24, 2.45) is 4.99 Å². The highest BCUT2D eigenvalue weighted by molar-refractivity contribution is 8.00. The summed E-state index contributed by atoms with van der Waals surface area (Å²) in [6.45, 7) is 8.07. The second kappa shape index (κ2) is 11.0. The Bertz CT molecular complexity index is 593. The van der Waals surface area contributed by atoms with E-state index in [4.69, 9.17) is 4.74 Å². The summed E-state index contributed by atoms with van der Waals surface area (Å²) in [6.07, 6.45) is 6.37. The third-order valence-corrected chi connectivity index (χ3v) is 7.15. The number of nitrogens with one attached hydrogen (secondary N) is 2. The van der Waals surface area contributed by atoms with Gasteiger partial charge in [-0.05, 0) is 43.6 Å². The highest BCUT2D eigenvalue weighted by Gasteiger charge is 2.33. The molecule has 156 valence electrons. The zero-order chi connectivity index (χ0) is 19.7. The van der Waals surface area contributed by atoms with Gasteiger partial charge in [0.15, 0.2) is 5.96 Å². The molecule has 0 spiro atoms.